The molecule has 0 aliphatic carbocycles. The molecule has 2 atom stereocenters. The molecule has 0 heterocycles. The van der Waals surface area contributed by atoms with E-state index in [4.69, 9.17) is 5.11 Å². The Morgan fingerprint density at radius 1 is 1.47 bits per heavy atom. The quantitative estimate of drug-likeness (QED) is 0.579. The Hall–Kier alpha value is -1.52. The lowest BCUT2D eigenvalue weighted by molar-refractivity contribution is -0.139. The van der Waals surface area contributed by atoms with Gasteiger partial charge in [-0.2, -0.15) is 0 Å². The van der Waals surface area contributed by atoms with E-state index >= 15 is 0 Å². The van der Waals surface area contributed by atoms with Crippen molar-refractivity contribution >= 4 is 12.0 Å². The second-order valence-corrected chi connectivity index (χ2v) is 3.32. The summed E-state index contributed by atoms with van der Waals surface area (Å²) < 4.78 is 0. The molecule has 0 aromatic rings. The monoisotopic (exact) mass is 214 g/mol. The molecule has 0 saturated heterocycles. The van der Waals surface area contributed by atoms with Gasteiger partial charge in [0.1, 0.15) is 6.04 Å². The van der Waals surface area contributed by atoms with Crippen molar-refractivity contribution in [1.29, 1.82) is 0 Å². The van der Waals surface area contributed by atoms with Crippen molar-refractivity contribution in [2.24, 2.45) is 0 Å². The van der Waals surface area contributed by atoms with Crippen LogP contribution in [-0.2, 0) is 4.79 Å². The highest BCUT2D eigenvalue weighted by Crippen LogP contribution is 1.96. The van der Waals surface area contributed by atoms with E-state index in [0.717, 1.165) is 0 Å². The summed E-state index contributed by atoms with van der Waals surface area (Å²) in [6.07, 6.45) is 2.69. The minimum Gasteiger partial charge on any atom is -0.480 e. The Kier molecular flexibility index (Phi) is 6.17. The Morgan fingerprint density at radius 2 is 2.07 bits per heavy atom. The van der Waals surface area contributed by atoms with Crippen LogP contribution in [0, 0.1) is 0 Å². The fourth-order valence-corrected chi connectivity index (χ4v) is 1.01. The maximum absolute atomic E-state index is 11.3. The smallest absolute Gasteiger partial charge is 0.326 e. The first-order valence-electron chi connectivity index (χ1n) is 4.93. The van der Waals surface area contributed by atoms with E-state index in [1.807, 2.05) is 6.92 Å². The van der Waals surface area contributed by atoms with Crippen LogP contribution in [0.1, 0.15) is 26.7 Å². The predicted molar refractivity (Wildman–Crippen MR) is 57.7 cm³/mol. The predicted octanol–water partition coefficient (Wildman–Crippen LogP) is 1.11. The zero-order chi connectivity index (χ0) is 11.8. The Bertz CT molecular complexity index is 241. The van der Waals surface area contributed by atoms with Crippen LogP contribution in [0.15, 0.2) is 12.7 Å². The molecule has 86 valence electrons. The molecule has 0 aromatic heterocycles. The van der Waals surface area contributed by atoms with Crippen LogP contribution in [0.25, 0.3) is 0 Å². The van der Waals surface area contributed by atoms with E-state index in [1.54, 1.807) is 13.0 Å². The lowest BCUT2D eigenvalue weighted by Gasteiger charge is -2.15. The molecule has 0 bridgehead atoms. The van der Waals surface area contributed by atoms with Crippen LogP contribution < -0.4 is 10.6 Å². The first-order valence-corrected chi connectivity index (χ1v) is 4.93. The highest BCUT2D eigenvalue weighted by molar-refractivity contribution is 5.82. The summed E-state index contributed by atoms with van der Waals surface area (Å²) in [5.41, 5.74) is 0. The van der Waals surface area contributed by atoms with Crippen LogP contribution in [0.2, 0.25) is 0 Å². The molecule has 15 heavy (non-hydrogen) atoms. The third kappa shape index (κ3) is 5.72. The summed E-state index contributed by atoms with van der Waals surface area (Å²) in [6, 6.07) is -1.49. The Labute approximate surface area is 89.6 Å². The van der Waals surface area contributed by atoms with Gasteiger partial charge in [-0.25, -0.2) is 9.59 Å². The van der Waals surface area contributed by atoms with E-state index in [9.17, 15) is 9.59 Å². The SMILES string of the molecule is C=CC(C)NC(=O)N[C@@H](CCC)C(=O)O. The number of rotatable bonds is 6. The van der Waals surface area contributed by atoms with Gasteiger partial charge in [-0.05, 0) is 13.3 Å². The van der Waals surface area contributed by atoms with Gasteiger partial charge in [0, 0.05) is 6.04 Å². The van der Waals surface area contributed by atoms with Gasteiger partial charge in [0.05, 0.1) is 0 Å². The zero-order valence-corrected chi connectivity index (χ0v) is 9.12. The molecule has 0 radical (unpaired) electrons. The van der Waals surface area contributed by atoms with Crippen LogP contribution in [-0.4, -0.2) is 29.2 Å². The molecule has 0 rings (SSSR count). The van der Waals surface area contributed by atoms with E-state index in [1.165, 1.54) is 0 Å². The van der Waals surface area contributed by atoms with Crippen LogP contribution >= 0.6 is 0 Å². The second-order valence-electron chi connectivity index (χ2n) is 3.32. The lowest BCUT2D eigenvalue weighted by atomic mass is 10.2. The number of carbonyl (C=O) groups is 2. The lowest BCUT2D eigenvalue weighted by Crippen LogP contribution is -2.47. The van der Waals surface area contributed by atoms with Gasteiger partial charge in [0.2, 0.25) is 0 Å². The van der Waals surface area contributed by atoms with Crippen molar-refractivity contribution in [1.82, 2.24) is 10.6 Å². The van der Waals surface area contributed by atoms with E-state index in [-0.39, 0.29) is 6.04 Å². The van der Waals surface area contributed by atoms with Gasteiger partial charge < -0.3 is 15.7 Å². The second kappa shape index (κ2) is 6.86. The molecule has 0 aliphatic heterocycles. The van der Waals surface area contributed by atoms with Crippen molar-refractivity contribution in [2.75, 3.05) is 0 Å². The van der Waals surface area contributed by atoms with Gasteiger partial charge in [-0.1, -0.05) is 19.4 Å². The fourth-order valence-electron chi connectivity index (χ4n) is 1.01. The largest absolute Gasteiger partial charge is 0.480 e. The van der Waals surface area contributed by atoms with E-state index in [2.05, 4.69) is 17.2 Å². The van der Waals surface area contributed by atoms with E-state index < -0.39 is 18.0 Å². The van der Waals surface area contributed by atoms with Crippen molar-refractivity contribution in [3.8, 4) is 0 Å². The van der Waals surface area contributed by atoms with Gasteiger partial charge in [0.15, 0.2) is 0 Å². The molecule has 5 heteroatoms. The molecule has 5 nitrogen and oxygen atoms in total. The number of nitrogens with one attached hydrogen (secondary N) is 2. The van der Waals surface area contributed by atoms with Crippen molar-refractivity contribution < 1.29 is 14.7 Å². The number of carboxylic acid groups (broad SMARTS) is 1. The van der Waals surface area contributed by atoms with Crippen LogP contribution in [0.5, 0.6) is 0 Å². The summed E-state index contributed by atoms with van der Waals surface area (Å²) in [4.78, 5) is 22.0. The number of carboxylic acids is 1. The highest BCUT2D eigenvalue weighted by atomic mass is 16.4. The molecule has 0 fully saturated rings. The molecule has 0 spiro atoms. The number of carbonyl (C=O) groups excluding carboxylic acids is 1. The van der Waals surface area contributed by atoms with Gasteiger partial charge in [-0.3, -0.25) is 0 Å². The topological polar surface area (TPSA) is 78.4 Å². The summed E-state index contributed by atoms with van der Waals surface area (Å²) in [5, 5.41) is 13.7. The molecule has 0 aromatic carbocycles. The standard InChI is InChI=1S/C10H18N2O3/c1-4-6-8(9(13)14)12-10(15)11-7(3)5-2/h5,7-8H,2,4,6H2,1,3H3,(H,13,14)(H2,11,12,15)/t7?,8-/m0/s1. The third-order valence-corrected chi connectivity index (χ3v) is 1.89. The molecule has 0 saturated carbocycles. The number of urea groups is 1. The first kappa shape index (κ1) is 13.5. The first-order chi connectivity index (χ1) is 7.01. The number of amides is 2. The number of aliphatic carboxylic acids is 1. The third-order valence-electron chi connectivity index (χ3n) is 1.89. The Balaban J connectivity index is 4.10. The molecule has 2 amide bonds. The summed E-state index contributed by atoms with van der Waals surface area (Å²) in [6.45, 7) is 7.12. The molecular weight excluding hydrogens is 196 g/mol. The normalized spacial score (nSPS) is 13.7. The van der Waals surface area contributed by atoms with Crippen LogP contribution in [0.3, 0.4) is 0 Å². The van der Waals surface area contributed by atoms with Gasteiger partial charge in [0.25, 0.3) is 0 Å². The van der Waals surface area contributed by atoms with E-state index in [0.29, 0.717) is 12.8 Å². The molecular formula is C10H18N2O3. The summed E-state index contributed by atoms with van der Waals surface area (Å²) >= 11 is 0. The maximum Gasteiger partial charge on any atom is 0.326 e. The molecule has 1 unspecified atom stereocenters. The minimum absolute atomic E-state index is 0.180. The fraction of sp³-hybridized carbons (Fsp3) is 0.600. The Morgan fingerprint density at radius 3 is 2.47 bits per heavy atom. The summed E-state index contributed by atoms with van der Waals surface area (Å²) in [7, 11) is 0. The summed E-state index contributed by atoms with van der Waals surface area (Å²) in [5.74, 6) is -1.02. The van der Waals surface area contributed by atoms with Crippen molar-refractivity contribution in [2.45, 2.75) is 38.8 Å². The molecule has 0 aliphatic rings. The van der Waals surface area contributed by atoms with Crippen molar-refractivity contribution in [3.05, 3.63) is 12.7 Å². The minimum atomic E-state index is -1.02. The zero-order valence-electron chi connectivity index (χ0n) is 9.12. The van der Waals surface area contributed by atoms with Gasteiger partial charge in [-0.15, -0.1) is 6.58 Å². The molecule has 3 N–H and O–H groups in total. The van der Waals surface area contributed by atoms with Gasteiger partial charge >= 0.3 is 12.0 Å². The average molecular weight is 214 g/mol. The van der Waals surface area contributed by atoms with Crippen LogP contribution in [0.4, 0.5) is 4.79 Å². The van der Waals surface area contributed by atoms with Crippen molar-refractivity contribution in [3.63, 3.8) is 0 Å². The highest BCUT2D eigenvalue weighted by Gasteiger charge is 2.18. The average Bonchev–Trinajstić information content (AvgIpc) is 2.16. The maximum atomic E-state index is 11.3. The number of hydrogen-bond donors (Lipinski definition) is 3. The number of hydrogen-bond acceptors (Lipinski definition) is 2.